The number of carbonyl (C=O) groups excluding carboxylic acids is 4. The van der Waals surface area contributed by atoms with E-state index in [1.807, 2.05) is 32.9 Å². The highest BCUT2D eigenvalue weighted by atomic mass is 16.2. The number of ketones is 2. The van der Waals surface area contributed by atoms with Crippen LogP contribution < -0.4 is 5.32 Å². The van der Waals surface area contributed by atoms with Crippen LogP contribution in [0.1, 0.15) is 63.7 Å². The van der Waals surface area contributed by atoms with Crippen molar-refractivity contribution < 1.29 is 19.2 Å². The SMILES string of the molecule is Cc1ccc(NC(=O)c2ccc(CN3C(=O)c4ccc(CC(=O)C(C)C)cc4CC(=O)[C@H]3C)cc2)nc1. The third kappa shape index (κ3) is 6.00. The van der Waals surface area contributed by atoms with E-state index >= 15 is 0 Å². The Kier molecular flexibility index (Phi) is 7.62. The summed E-state index contributed by atoms with van der Waals surface area (Å²) in [4.78, 5) is 57.0. The van der Waals surface area contributed by atoms with Crippen molar-refractivity contribution in [3.8, 4) is 0 Å². The molecule has 7 nitrogen and oxygen atoms in total. The van der Waals surface area contributed by atoms with Gasteiger partial charge < -0.3 is 10.2 Å². The Hall–Kier alpha value is -4.13. The zero-order valence-electron chi connectivity index (χ0n) is 21.6. The second kappa shape index (κ2) is 10.9. The zero-order valence-corrected chi connectivity index (χ0v) is 21.6. The van der Waals surface area contributed by atoms with E-state index in [0.717, 1.165) is 16.7 Å². The third-order valence-corrected chi connectivity index (χ3v) is 6.70. The van der Waals surface area contributed by atoms with Crippen LogP contribution in [0.25, 0.3) is 0 Å². The summed E-state index contributed by atoms with van der Waals surface area (Å²) < 4.78 is 0. The van der Waals surface area contributed by atoms with Crippen LogP contribution in [0.2, 0.25) is 0 Å². The number of aryl methyl sites for hydroxylation is 1. The van der Waals surface area contributed by atoms with Gasteiger partial charge in [0.1, 0.15) is 11.6 Å². The van der Waals surface area contributed by atoms with Crippen molar-refractivity contribution >= 4 is 29.2 Å². The molecule has 1 atom stereocenters. The van der Waals surface area contributed by atoms with Gasteiger partial charge in [-0.05, 0) is 60.4 Å². The van der Waals surface area contributed by atoms with Crippen LogP contribution in [0.4, 0.5) is 5.82 Å². The number of amides is 2. The Labute approximate surface area is 216 Å². The fourth-order valence-corrected chi connectivity index (χ4v) is 4.25. The van der Waals surface area contributed by atoms with Crippen molar-refractivity contribution in [1.29, 1.82) is 0 Å². The molecular formula is C30H31N3O4. The molecule has 0 radical (unpaired) electrons. The molecular weight excluding hydrogens is 466 g/mol. The lowest BCUT2D eigenvalue weighted by molar-refractivity contribution is -0.122. The number of aromatic nitrogens is 1. The average molecular weight is 498 g/mol. The molecule has 3 aromatic rings. The standard InChI is InChI=1S/C30H31N3O4/c1-18(2)26(34)14-22-8-11-25-24(13-22)15-27(35)20(4)33(30(25)37)17-21-6-9-23(10-7-21)29(36)32-28-12-5-19(3)16-31-28/h5-13,16,18,20H,14-15,17H2,1-4H3,(H,31,32,36)/t20-/m1/s1. The van der Waals surface area contributed by atoms with Crippen LogP contribution in [0.3, 0.4) is 0 Å². The van der Waals surface area contributed by atoms with Crippen LogP contribution in [0.15, 0.2) is 60.8 Å². The zero-order chi connectivity index (χ0) is 26.7. The maximum atomic E-state index is 13.5. The molecule has 0 unspecified atom stereocenters. The highest BCUT2D eigenvalue weighted by molar-refractivity contribution is 6.04. The summed E-state index contributed by atoms with van der Waals surface area (Å²) in [5.74, 6) is -0.0401. The van der Waals surface area contributed by atoms with Crippen LogP contribution in [0, 0.1) is 12.8 Å². The number of nitrogens with zero attached hydrogens (tertiary/aromatic N) is 2. The van der Waals surface area contributed by atoms with Gasteiger partial charge in [-0.1, -0.05) is 44.2 Å². The second-order valence-corrected chi connectivity index (χ2v) is 9.91. The third-order valence-electron chi connectivity index (χ3n) is 6.70. The van der Waals surface area contributed by atoms with E-state index in [2.05, 4.69) is 10.3 Å². The monoisotopic (exact) mass is 497 g/mol. The minimum Gasteiger partial charge on any atom is -0.325 e. The van der Waals surface area contributed by atoms with Gasteiger partial charge in [0.25, 0.3) is 11.8 Å². The maximum Gasteiger partial charge on any atom is 0.256 e. The van der Waals surface area contributed by atoms with Crippen LogP contribution in [-0.2, 0) is 29.0 Å². The molecule has 1 aromatic heterocycles. The predicted octanol–water partition coefficient (Wildman–Crippen LogP) is 4.57. The summed E-state index contributed by atoms with van der Waals surface area (Å²) in [5, 5.41) is 2.77. The van der Waals surface area contributed by atoms with Gasteiger partial charge in [0, 0.05) is 42.6 Å². The van der Waals surface area contributed by atoms with E-state index in [1.165, 1.54) is 0 Å². The van der Waals surface area contributed by atoms with Crippen molar-refractivity contribution in [2.75, 3.05) is 5.32 Å². The minimum absolute atomic E-state index is 0.0546. The predicted molar refractivity (Wildman–Crippen MR) is 141 cm³/mol. The lowest BCUT2D eigenvalue weighted by atomic mass is 9.95. The van der Waals surface area contributed by atoms with Gasteiger partial charge in [0.15, 0.2) is 5.78 Å². The van der Waals surface area contributed by atoms with Crippen molar-refractivity contribution in [3.63, 3.8) is 0 Å². The molecule has 2 aromatic carbocycles. The van der Waals surface area contributed by atoms with E-state index in [0.29, 0.717) is 22.5 Å². The molecule has 0 fully saturated rings. The number of rotatable bonds is 7. The topological polar surface area (TPSA) is 96.4 Å². The molecule has 0 saturated carbocycles. The Morgan fingerprint density at radius 2 is 1.73 bits per heavy atom. The normalized spacial score (nSPS) is 15.4. The lowest BCUT2D eigenvalue weighted by Crippen LogP contribution is -2.41. The van der Waals surface area contributed by atoms with Crippen LogP contribution in [0.5, 0.6) is 0 Å². The molecule has 37 heavy (non-hydrogen) atoms. The number of pyridine rings is 1. The quantitative estimate of drug-likeness (QED) is 0.516. The fraction of sp³-hybridized carbons (Fsp3) is 0.300. The van der Waals surface area contributed by atoms with Gasteiger partial charge in [-0.3, -0.25) is 19.2 Å². The second-order valence-electron chi connectivity index (χ2n) is 9.91. The minimum atomic E-state index is -0.601. The number of hydrogen-bond acceptors (Lipinski definition) is 5. The molecule has 0 spiro atoms. The smallest absolute Gasteiger partial charge is 0.256 e. The summed E-state index contributed by atoms with van der Waals surface area (Å²) in [6, 6.07) is 15.3. The molecule has 4 rings (SSSR count). The number of anilines is 1. The number of benzene rings is 2. The Balaban J connectivity index is 1.50. The first-order valence-corrected chi connectivity index (χ1v) is 12.4. The number of hydrogen-bond donors (Lipinski definition) is 1. The Morgan fingerprint density at radius 1 is 1.03 bits per heavy atom. The van der Waals surface area contributed by atoms with Gasteiger partial charge in [-0.2, -0.15) is 0 Å². The highest BCUT2D eigenvalue weighted by Gasteiger charge is 2.32. The first kappa shape index (κ1) is 25.9. The van der Waals surface area contributed by atoms with Gasteiger partial charge in [-0.15, -0.1) is 0 Å². The number of nitrogens with one attached hydrogen (secondary N) is 1. The molecule has 2 amide bonds. The van der Waals surface area contributed by atoms with Gasteiger partial charge in [0.05, 0.1) is 6.04 Å². The molecule has 7 heteroatoms. The first-order chi connectivity index (χ1) is 17.6. The fourth-order valence-electron chi connectivity index (χ4n) is 4.25. The van der Waals surface area contributed by atoms with Crippen molar-refractivity contribution in [3.05, 3.63) is 94.2 Å². The van der Waals surface area contributed by atoms with E-state index < -0.39 is 6.04 Å². The molecule has 0 aliphatic carbocycles. The summed E-state index contributed by atoms with van der Waals surface area (Å²) in [6.07, 6.45) is 2.12. The van der Waals surface area contributed by atoms with E-state index in [-0.39, 0.29) is 48.7 Å². The molecule has 1 N–H and O–H groups in total. The van der Waals surface area contributed by atoms with Gasteiger partial charge in [-0.25, -0.2) is 4.98 Å². The molecule has 1 aliphatic heterocycles. The Morgan fingerprint density at radius 3 is 2.38 bits per heavy atom. The molecule has 190 valence electrons. The van der Waals surface area contributed by atoms with Crippen molar-refractivity contribution in [2.45, 2.75) is 53.1 Å². The number of Topliss-reactive ketones (excluding diaryl/α,β-unsaturated/α-hetero) is 2. The van der Waals surface area contributed by atoms with Crippen LogP contribution in [-0.4, -0.2) is 39.3 Å². The van der Waals surface area contributed by atoms with Gasteiger partial charge in [0.2, 0.25) is 0 Å². The molecule has 2 heterocycles. The van der Waals surface area contributed by atoms with E-state index in [1.54, 1.807) is 60.5 Å². The van der Waals surface area contributed by atoms with E-state index in [9.17, 15) is 19.2 Å². The Bertz CT molecular complexity index is 1340. The van der Waals surface area contributed by atoms with Crippen molar-refractivity contribution in [2.24, 2.45) is 5.92 Å². The molecule has 0 bridgehead atoms. The summed E-state index contributed by atoms with van der Waals surface area (Å²) in [7, 11) is 0. The lowest BCUT2D eigenvalue weighted by Gasteiger charge is -2.26. The van der Waals surface area contributed by atoms with Gasteiger partial charge >= 0.3 is 0 Å². The first-order valence-electron chi connectivity index (χ1n) is 12.4. The van der Waals surface area contributed by atoms with Crippen LogP contribution >= 0.6 is 0 Å². The number of fused-ring (bicyclic) bond motifs is 1. The molecule has 0 saturated heterocycles. The maximum absolute atomic E-state index is 13.5. The summed E-state index contributed by atoms with van der Waals surface area (Å²) in [5.41, 5.74) is 4.23. The summed E-state index contributed by atoms with van der Waals surface area (Å²) >= 11 is 0. The average Bonchev–Trinajstić information content (AvgIpc) is 2.95. The number of carbonyl (C=O) groups is 4. The largest absolute Gasteiger partial charge is 0.325 e. The summed E-state index contributed by atoms with van der Waals surface area (Å²) in [6.45, 7) is 7.62. The molecule has 1 aliphatic rings. The van der Waals surface area contributed by atoms with Crippen molar-refractivity contribution in [1.82, 2.24) is 9.88 Å². The van der Waals surface area contributed by atoms with E-state index in [4.69, 9.17) is 0 Å². The highest BCUT2D eigenvalue weighted by Crippen LogP contribution is 2.24.